The number of aromatic nitrogens is 4. The van der Waals surface area contributed by atoms with Crippen molar-refractivity contribution in [2.45, 2.75) is 13.8 Å². The molecule has 11 heteroatoms. The SMILES string of the molecule is CCOC(=O)c1cn(-c2nc(N3CCOCC3)ns2)c2nc(Cl)cc(C)c2c1=O. The van der Waals surface area contributed by atoms with Crippen molar-refractivity contribution < 1.29 is 14.3 Å². The van der Waals surface area contributed by atoms with Crippen LogP contribution >= 0.6 is 23.1 Å². The first-order valence-electron chi connectivity index (χ1n) is 9.06. The Balaban J connectivity index is 1.91. The van der Waals surface area contributed by atoms with Crippen LogP contribution in [-0.2, 0) is 9.47 Å². The fraction of sp³-hybridized carbons (Fsp3) is 0.389. The van der Waals surface area contributed by atoms with Crippen LogP contribution < -0.4 is 10.3 Å². The van der Waals surface area contributed by atoms with E-state index in [0.29, 0.717) is 54.0 Å². The molecule has 4 heterocycles. The van der Waals surface area contributed by atoms with Crippen molar-refractivity contribution in [3.63, 3.8) is 0 Å². The molecule has 152 valence electrons. The molecule has 3 aromatic rings. The summed E-state index contributed by atoms with van der Waals surface area (Å²) in [6.45, 7) is 6.20. The Kier molecular flexibility index (Phi) is 5.48. The Morgan fingerprint density at radius 3 is 2.83 bits per heavy atom. The van der Waals surface area contributed by atoms with E-state index in [9.17, 15) is 9.59 Å². The van der Waals surface area contributed by atoms with Gasteiger partial charge in [0.05, 0.1) is 25.2 Å². The largest absolute Gasteiger partial charge is 0.462 e. The van der Waals surface area contributed by atoms with Crippen LogP contribution in [-0.4, -0.2) is 57.8 Å². The fourth-order valence-electron chi connectivity index (χ4n) is 3.15. The molecule has 0 aromatic carbocycles. The lowest BCUT2D eigenvalue weighted by molar-refractivity contribution is 0.0524. The first kappa shape index (κ1) is 19.7. The van der Waals surface area contributed by atoms with Gasteiger partial charge in [0, 0.05) is 30.8 Å². The minimum atomic E-state index is -0.694. The molecular formula is C18H18ClN5O4S. The number of esters is 1. The van der Waals surface area contributed by atoms with Crippen molar-refractivity contribution in [2.75, 3.05) is 37.8 Å². The highest BCUT2D eigenvalue weighted by Gasteiger charge is 2.22. The number of halogens is 1. The fourth-order valence-corrected chi connectivity index (χ4v) is 4.07. The maximum Gasteiger partial charge on any atom is 0.343 e. The first-order valence-corrected chi connectivity index (χ1v) is 10.2. The molecule has 1 fully saturated rings. The Bertz CT molecular complexity index is 1140. The smallest absolute Gasteiger partial charge is 0.343 e. The van der Waals surface area contributed by atoms with Crippen molar-refractivity contribution in [1.82, 2.24) is 18.9 Å². The summed E-state index contributed by atoms with van der Waals surface area (Å²) in [6.07, 6.45) is 1.40. The summed E-state index contributed by atoms with van der Waals surface area (Å²) in [4.78, 5) is 36.3. The molecule has 3 aromatic heterocycles. The second-order valence-electron chi connectivity index (χ2n) is 6.40. The number of hydrogen-bond donors (Lipinski definition) is 0. The lowest BCUT2D eigenvalue weighted by Gasteiger charge is -2.25. The predicted molar refractivity (Wildman–Crippen MR) is 110 cm³/mol. The van der Waals surface area contributed by atoms with E-state index in [0.717, 1.165) is 11.5 Å². The van der Waals surface area contributed by atoms with Crippen LogP contribution in [0.15, 0.2) is 17.1 Å². The maximum atomic E-state index is 13.0. The van der Waals surface area contributed by atoms with Crippen molar-refractivity contribution in [3.8, 4) is 5.13 Å². The number of hydrogen-bond acceptors (Lipinski definition) is 9. The molecule has 0 atom stereocenters. The number of pyridine rings is 2. The number of fused-ring (bicyclic) bond motifs is 1. The Hall–Kier alpha value is -2.56. The van der Waals surface area contributed by atoms with E-state index in [4.69, 9.17) is 21.1 Å². The van der Waals surface area contributed by atoms with Crippen LogP contribution in [0.25, 0.3) is 16.2 Å². The van der Waals surface area contributed by atoms with Crippen molar-refractivity contribution in [2.24, 2.45) is 0 Å². The number of carbonyl (C=O) groups excluding carboxylic acids is 1. The molecule has 0 unspecified atom stereocenters. The Labute approximate surface area is 175 Å². The number of anilines is 1. The van der Waals surface area contributed by atoms with Gasteiger partial charge in [0.25, 0.3) is 0 Å². The molecular weight excluding hydrogens is 418 g/mol. The summed E-state index contributed by atoms with van der Waals surface area (Å²) in [6, 6.07) is 1.59. The molecule has 9 nitrogen and oxygen atoms in total. The van der Waals surface area contributed by atoms with Crippen LogP contribution in [0.5, 0.6) is 0 Å². The average Bonchev–Trinajstić information content (AvgIpc) is 3.18. The van der Waals surface area contributed by atoms with Crippen LogP contribution in [0, 0.1) is 6.92 Å². The number of rotatable bonds is 4. The number of morpholine rings is 1. The maximum absolute atomic E-state index is 13.0. The molecule has 0 amide bonds. The normalized spacial score (nSPS) is 14.4. The zero-order valence-corrected chi connectivity index (χ0v) is 17.4. The lowest BCUT2D eigenvalue weighted by atomic mass is 10.1. The number of carbonyl (C=O) groups is 1. The molecule has 0 bridgehead atoms. The van der Waals surface area contributed by atoms with Gasteiger partial charge in [-0.25, -0.2) is 9.78 Å². The Morgan fingerprint density at radius 2 is 2.10 bits per heavy atom. The third-order valence-corrected chi connectivity index (χ3v) is 5.42. The van der Waals surface area contributed by atoms with Crippen molar-refractivity contribution in [1.29, 1.82) is 0 Å². The number of aryl methyl sites for hydroxylation is 1. The molecule has 0 N–H and O–H groups in total. The minimum Gasteiger partial charge on any atom is -0.462 e. The average molecular weight is 436 g/mol. The van der Waals surface area contributed by atoms with E-state index in [1.54, 1.807) is 24.5 Å². The summed E-state index contributed by atoms with van der Waals surface area (Å²) >= 11 is 7.29. The second kappa shape index (κ2) is 8.05. The van der Waals surface area contributed by atoms with Gasteiger partial charge in [-0.3, -0.25) is 9.36 Å². The Morgan fingerprint density at radius 1 is 1.34 bits per heavy atom. The van der Waals surface area contributed by atoms with E-state index in [1.165, 1.54) is 6.20 Å². The van der Waals surface area contributed by atoms with Gasteiger partial charge in [0.2, 0.25) is 16.5 Å². The van der Waals surface area contributed by atoms with Crippen LogP contribution in [0.4, 0.5) is 5.95 Å². The monoisotopic (exact) mass is 435 g/mol. The molecule has 1 aliphatic heterocycles. The molecule has 1 aliphatic rings. The van der Waals surface area contributed by atoms with E-state index in [1.807, 2.05) is 4.90 Å². The topological polar surface area (TPSA) is 99.4 Å². The van der Waals surface area contributed by atoms with Gasteiger partial charge in [-0.1, -0.05) is 11.6 Å². The van der Waals surface area contributed by atoms with Crippen molar-refractivity contribution in [3.05, 3.63) is 38.8 Å². The van der Waals surface area contributed by atoms with Gasteiger partial charge in [-0.2, -0.15) is 9.36 Å². The van der Waals surface area contributed by atoms with Gasteiger partial charge in [0.1, 0.15) is 10.7 Å². The van der Waals surface area contributed by atoms with Gasteiger partial charge in [-0.05, 0) is 25.5 Å². The lowest BCUT2D eigenvalue weighted by Crippen LogP contribution is -2.36. The molecule has 0 aliphatic carbocycles. The molecule has 29 heavy (non-hydrogen) atoms. The molecule has 1 saturated heterocycles. The summed E-state index contributed by atoms with van der Waals surface area (Å²) in [5.74, 6) is -0.128. The standard InChI is InChI=1S/C18H18ClN5O4S/c1-3-28-16(26)11-9-24(15-13(14(11)25)10(2)8-12(19)20-15)18-21-17(22-29-18)23-4-6-27-7-5-23/h8-9H,3-7H2,1-2H3. The van der Waals surface area contributed by atoms with Crippen LogP contribution in [0.2, 0.25) is 5.15 Å². The van der Waals surface area contributed by atoms with Crippen LogP contribution in [0.3, 0.4) is 0 Å². The number of nitrogens with zero attached hydrogens (tertiary/aromatic N) is 5. The molecule has 0 radical (unpaired) electrons. The quantitative estimate of drug-likeness (QED) is 0.454. The van der Waals surface area contributed by atoms with E-state index < -0.39 is 11.4 Å². The summed E-state index contributed by atoms with van der Waals surface area (Å²) in [7, 11) is 0. The van der Waals surface area contributed by atoms with Gasteiger partial charge in [0.15, 0.2) is 5.65 Å². The third kappa shape index (κ3) is 3.70. The molecule has 4 rings (SSSR count). The minimum absolute atomic E-state index is 0.0882. The summed E-state index contributed by atoms with van der Waals surface area (Å²) < 4.78 is 16.4. The summed E-state index contributed by atoms with van der Waals surface area (Å²) in [5.41, 5.74) is 0.393. The molecule has 0 spiro atoms. The van der Waals surface area contributed by atoms with E-state index >= 15 is 0 Å². The third-order valence-electron chi connectivity index (χ3n) is 4.52. The van der Waals surface area contributed by atoms with Crippen LogP contribution in [0.1, 0.15) is 22.8 Å². The zero-order valence-electron chi connectivity index (χ0n) is 15.8. The number of ether oxygens (including phenoxy) is 2. The van der Waals surface area contributed by atoms with Crippen molar-refractivity contribution >= 4 is 46.1 Å². The van der Waals surface area contributed by atoms with Gasteiger partial charge < -0.3 is 14.4 Å². The highest BCUT2D eigenvalue weighted by Crippen LogP contribution is 2.24. The zero-order chi connectivity index (χ0) is 20.5. The summed E-state index contributed by atoms with van der Waals surface area (Å²) in [5, 5.41) is 1.00. The van der Waals surface area contributed by atoms with E-state index in [-0.39, 0.29) is 17.3 Å². The second-order valence-corrected chi connectivity index (χ2v) is 7.52. The van der Waals surface area contributed by atoms with Gasteiger partial charge >= 0.3 is 5.97 Å². The first-order chi connectivity index (χ1) is 14.0. The van der Waals surface area contributed by atoms with E-state index in [2.05, 4.69) is 14.3 Å². The highest BCUT2D eigenvalue weighted by atomic mass is 35.5. The molecule has 0 saturated carbocycles. The van der Waals surface area contributed by atoms with Gasteiger partial charge in [-0.15, -0.1) is 0 Å². The highest BCUT2D eigenvalue weighted by molar-refractivity contribution is 7.08. The predicted octanol–water partition coefficient (Wildman–Crippen LogP) is 2.21.